The number of hydrogen-bond donors (Lipinski definition) is 1. The second kappa shape index (κ2) is 9.22. The summed E-state index contributed by atoms with van der Waals surface area (Å²) < 4.78 is 7.86. The molecule has 0 aliphatic carbocycles. The highest BCUT2D eigenvalue weighted by molar-refractivity contribution is 5.93. The van der Waals surface area contributed by atoms with Gasteiger partial charge >= 0.3 is 0 Å². The van der Waals surface area contributed by atoms with Crippen LogP contribution in [0.25, 0.3) is 0 Å². The summed E-state index contributed by atoms with van der Waals surface area (Å²) in [5.74, 6) is -0.148. The molecule has 166 valence electrons. The highest BCUT2D eigenvalue weighted by Gasteiger charge is 2.29. The van der Waals surface area contributed by atoms with Gasteiger partial charge in [-0.1, -0.05) is 65.4 Å². The SMILES string of the molecule is Cc1ccc([C@H]2Cn3nnc(C(=O)NC4CCN(Cc5ccccc5)CC4)c3CO2)cc1. The van der Waals surface area contributed by atoms with E-state index in [2.05, 4.69) is 76.0 Å². The first kappa shape index (κ1) is 20.8. The number of hydrogen-bond acceptors (Lipinski definition) is 5. The molecule has 7 nitrogen and oxygen atoms in total. The maximum absolute atomic E-state index is 12.9. The molecular weight excluding hydrogens is 402 g/mol. The molecule has 0 unspecified atom stereocenters. The number of ether oxygens (including phenoxy) is 1. The molecule has 32 heavy (non-hydrogen) atoms. The van der Waals surface area contributed by atoms with Crippen LogP contribution in [0.15, 0.2) is 54.6 Å². The van der Waals surface area contributed by atoms with Crippen molar-refractivity contribution in [2.75, 3.05) is 13.1 Å². The molecule has 5 rings (SSSR count). The third-order valence-corrected chi connectivity index (χ3v) is 6.43. The van der Waals surface area contributed by atoms with Crippen LogP contribution in [0.4, 0.5) is 0 Å². The van der Waals surface area contributed by atoms with Crippen LogP contribution in [0, 0.1) is 6.92 Å². The quantitative estimate of drug-likeness (QED) is 0.671. The van der Waals surface area contributed by atoms with Crippen LogP contribution in [0.1, 0.15) is 51.8 Å². The molecule has 7 heteroatoms. The lowest BCUT2D eigenvalue weighted by atomic mass is 10.0. The third kappa shape index (κ3) is 4.59. The Hall–Kier alpha value is -3.03. The molecule has 0 bridgehead atoms. The van der Waals surface area contributed by atoms with Crippen molar-refractivity contribution in [1.82, 2.24) is 25.2 Å². The Balaban J connectivity index is 1.16. The van der Waals surface area contributed by atoms with Gasteiger partial charge < -0.3 is 10.1 Å². The maximum Gasteiger partial charge on any atom is 0.274 e. The molecule has 1 saturated heterocycles. The number of piperidine rings is 1. The number of benzene rings is 2. The monoisotopic (exact) mass is 431 g/mol. The topological polar surface area (TPSA) is 72.3 Å². The maximum atomic E-state index is 12.9. The molecule has 1 fully saturated rings. The Morgan fingerprint density at radius 2 is 1.84 bits per heavy atom. The zero-order chi connectivity index (χ0) is 21.9. The molecular formula is C25H29N5O2. The molecule has 0 saturated carbocycles. The largest absolute Gasteiger partial charge is 0.365 e. The second-order valence-electron chi connectivity index (χ2n) is 8.79. The zero-order valence-corrected chi connectivity index (χ0v) is 18.4. The van der Waals surface area contributed by atoms with Crippen LogP contribution in [-0.4, -0.2) is 44.9 Å². The number of fused-ring (bicyclic) bond motifs is 1. The van der Waals surface area contributed by atoms with Crippen molar-refractivity contribution in [3.8, 4) is 0 Å². The first-order chi connectivity index (χ1) is 15.7. The van der Waals surface area contributed by atoms with Gasteiger partial charge in [-0.05, 0) is 30.9 Å². The average molecular weight is 432 g/mol. The molecule has 0 radical (unpaired) electrons. The summed E-state index contributed by atoms with van der Waals surface area (Å²) in [5, 5.41) is 11.6. The van der Waals surface area contributed by atoms with Crippen molar-refractivity contribution in [2.24, 2.45) is 0 Å². The van der Waals surface area contributed by atoms with E-state index in [1.807, 2.05) is 10.7 Å². The Kier molecular flexibility index (Phi) is 6.01. The van der Waals surface area contributed by atoms with Crippen molar-refractivity contribution >= 4 is 5.91 Å². The number of rotatable bonds is 5. The summed E-state index contributed by atoms with van der Waals surface area (Å²) in [6.45, 7) is 5.88. The van der Waals surface area contributed by atoms with E-state index < -0.39 is 0 Å². The lowest BCUT2D eigenvalue weighted by molar-refractivity contribution is -0.00179. The van der Waals surface area contributed by atoms with Gasteiger partial charge in [0.1, 0.15) is 6.10 Å². The predicted octanol–water partition coefficient (Wildman–Crippen LogP) is 3.25. The summed E-state index contributed by atoms with van der Waals surface area (Å²) >= 11 is 0. The number of nitrogens with one attached hydrogen (secondary N) is 1. The molecule has 1 amide bonds. The van der Waals surface area contributed by atoms with E-state index in [1.165, 1.54) is 11.1 Å². The Bertz CT molecular complexity index is 1060. The Morgan fingerprint density at radius 1 is 1.09 bits per heavy atom. The van der Waals surface area contributed by atoms with Gasteiger partial charge in [-0.25, -0.2) is 4.68 Å². The minimum atomic E-state index is -0.148. The molecule has 2 aromatic carbocycles. The fourth-order valence-corrected chi connectivity index (χ4v) is 4.50. The average Bonchev–Trinajstić information content (AvgIpc) is 3.25. The number of likely N-dealkylation sites (tertiary alicyclic amines) is 1. The standard InChI is InChI=1S/C25H29N5O2/c1-18-7-9-20(10-8-18)23-16-30-22(17-32-23)24(27-28-30)25(31)26-21-11-13-29(14-12-21)15-19-5-3-2-4-6-19/h2-10,21,23H,11-17H2,1H3,(H,26,31)/t23-/m1/s1. The minimum Gasteiger partial charge on any atom is -0.365 e. The molecule has 3 heterocycles. The molecule has 1 N–H and O–H groups in total. The van der Waals surface area contributed by atoms with Crippen molar-refractivity contribution in [3.05, 3.63) is 82.7 Å². The number of carbonyl (C=O) groups is 1. The van der Waals surface area contributed by atoms with E-state index in [-0.39, 0.29) is 18.1 Å². The smallest absolute Gasteiger partial charge is 0.274 e. The zero-order valence-electron chi connectivity index (χ0n) is 18.4. The van der Waals surface area contributed by atoms with E-state index in [0.29, 0.717) is 18.8 Å². The predicted molar refractivity (Wildman–Crippen MR) is 121 cm³/mol. The van der Waals surface area contributed by atoms with Crippen LogP contribution in [0.3, 0.4) is 0 Å². The van der Waals surface area contributed by atoms with Gasteiger partial charge in [0.2, 0.25) is 0 Å². The van der Waals surface area contributed by atoms with Gasteiger partial charge in [-0.3, -0.25) is 9.69 Å². The van der Waals surface area contributed by atoms with Crippen molar-refractivity contribution in [1.29, 1.82) is 0 Å². The van der Waals surface area contributed by atoms with Crippen molar-refractivity contribution < 1.29 is 9.53 Å². The Morgan fingerprint density at radius 3 is 2.59 bits per heavy atom. The van der Waals surface area contributed by atoms with E-state index in [4.69, 9.17) is 4.74 Å². The molecule has 3 aromatic rings. The molecule has 0 spiro atoms. The number of aromatic nitrogens is 3. The summed E-state index contributed by atoms with van der Waals surface area (Å²) in [4.78, 5) is 15.4. The van der Waals surface area contributed by atoms with Crippen molar-refractivity contribution in [3.63, 3.8) is 0 Å². The number of nitrogens with zero attached hydrogens (tertiary/aromatic N) is 4. The van der Waals surface area contributed by atoms with Gasteiger partial charge in [0.05, 0.1) is 18.8 Å². The van der Waals surface area contributed by atoms with Gasteiger partial charge in [0.15, 0.2) is 5.69 Å². The lowest BCUT2D eigenvalue weighted by Gasteiger charge is -2.32. The van der Waals surface area contributed by atoms with E-state index >= 15 is 0 Å². The highest BCUT2D eigenvalue weighted by Crippen LogP contribution is 2.27. The van der Waals surface area contributed by atoms with Crippen LogP contribution in [-0.2, 0) is 24.4 Å². The van der Waals surface area contributed by atoms with Crippen LogP contribution >= 0.6 is 0 Å². The minimum absolute atomic E-state index is 0.0744. The van der Waals surface area contributed by atoms with Gasteiger partial charge in [0, 0.05) is 25.7 Å². The van der Waals surface area contributed by atoms with E-state index in [0.717, 1.165) is 43.7 Å². The normalized spacial score (nSPS) is 19.5. The van der Waals surface area contributed by atoms with Crippen LogP contribution < -0.4 is 5.32 Å². The van der Waals surface area contributed by atoms with E-state index in [1.54, 1.807) is 0 Å². The lowest BCUT2D eigenvalue weighted by Crippen LogP contribution is -2.44. The molecule has 1 atom stereocenters. The first-order valence-corrected chi connectivity index (χ1v) is 11.3. The summed E-state index contributed by atoms with van der Waals surface area (Å²) in [6, 6.07) is 19.0. The Labute approximate surface area is 188 Å². The molecule has 2 aliphatic rings. The number of amides is 1. The van der Waals surface area contributed by atoms with Gasteiger partial charge in [-0.2, -0.15) is 0 Å². The first-order valence-electron chi connectivity index (χ1n) is 11.3. The fraction of sp³-hybridized carbons (Fsp3) is 0.400. The molecule has 2 aliphatic heterocycles. The number of aryl methyl sites for hydroxylation is 1. The van der Waals surface area contributed by atoms with Gasteiger partial charge in [-0.15, -0.1) is 5.10 Å². The van der Waals surface area contributed by atoms with Crippen LogP contribution in [0.5, 0.6) is 0 Å². The van der Waals surface area contributed by atoms with Crippen LogP contribution in [0.2, 0.25) is 0 Å². The summed E-state index contributed by atoms with van der Waals surface area (Å²) in [6.07, 6.45) is 1.80. The molecule has 1 aromatic heterocycles. The number of carbonyl (C=O) groups excluding carboxylic acids is 1. The van der Waals surface area contributed by atoms with E-state index in [9.17, 15) is 4.79 Å². The second-order valence-corrected chi connectivity index (χ2v) is 8.79. The summed E-state index contributed by atoms with van der Waals surface area (Å²) in [7, 11) is 0. The van der Waals surface area contributed by atoms with Gasteiger partial charge in [0.25, 0.3) is 5.91 Å². The van der Waals surface area contributed by atoms with Crippen molar-refractivity contribution in [2.45, 2.75) is 51.6 Å². The highest BCUT2D eigenvalue weighted by atomic mass is 16.5. The fourth-order valence-electron chi connectivity index (χ4n) is 4.50. The summed E-state index contributed by atoms with van der Waals surface area (Å²) in [5.41, 5.74) is 4.81. The third-order valence-electron chi connectivity index (χ3n) is 6.43.